The Balaban J connectivity index is 2.19. The molecule has 1 amide bonds. The highest BCUT2D eigenvalue weighted by Gasteiger charge is 2.21. The number of rotatable bonds is 5. The third kappa shape index (κ3) is 3.37. The smallest absolute Gasteiger partial charge is 0.216 e. The van der Waals surface area contributed by atoms with Gasteiger partial charge in [0.2, 0.25) is 5.91 Å². The lowest BCUT2D eigenvalue weighted by Gasteiger charge is -2.09. The fraction of sp³-hybridized carbons (Fsp3) is 0.211. The van der Waals surface area contributed by atoms with Crippen LogP contribution in [0.4, 0.5) is 13.2 Å². The van der Waals surface area contributed by atoms with E-state index in [1.165, 1.54) is 14.0 Å². The van der Waals surface area contributed by atoms with E-state index < -0.39 is 17.5 Å². The highest BCUT2D eigenvalue weighted by Crippen LogP contribution is 2.35. The van der Waals surface area contributed by atoms with Crippen molar-refractivity contribution in [2.45, 2.75) is 13.3 Å². The number of nitrogens with one attached hydrogen (secondary N) is 2. The molecule has 26 heavy (non-hydrogen) atoms. The maximum absolute atomic E-state index is 14.3. The molecule has 0 bridgehead atoms. The van der Waals surface area contributed by atoms with Gasteiger partial charge in [-0.2, -0.15) is 0 Å². The molecular formula is C19H17F3N2O2. The summed E-state index contributed by atoms with van der Waals surface area (Å²) in [7, 11) is 1.52. The summed E-state index contributed by atoms with van der Waals surface area (Å²) in [5.74, 6) is -2.60. The van der Waals surface area contributed by atoms with Gasteiger partial charge in [-0.25, -0.2) is 13.2 Å². The van der Waals surface area contributed by atoms with Crippen molar-refractivity contribution in [2.75, 3.05) is 13.7 Å². The molecular weight excluding hydrogens is 345 g/mol. The first-order valence-electron chi connectivity index (χ1n) is 7.98. The summed E-state index contributed by atoms with van der Waals surface area (Å²) >= 11 is 0. The SMILES string of the molecule is COc1ccc2[nH]c(-c3c(F)cc(F)cc3F)c(CCNC(C)=O)c2c1. The Morgan fingerprint density at radius 3 is 2.46 bits per heavy atom. The van der Waals surface area contributed by atoms with Crippen molar-refractivity contribution in [1.29, 1.82) is 0 Å². The summed E-state index contributed by atoms with van der Waals surface area (Å²) in [6, 6.07) is 6.48. The summed E-state index contributed by atoms with van der Waals surface area (Å²) in [6.45, 7) is 1.68. The fourth-order valence-corrected chi connectivity index (χ4v) is 2.97. The van der Waals surface area contributed by atoms with E-state index in [9.17, 15) is 18.0 Å². The van der Waals surface area contributed by atoms with Gasteiger partial charge in [0.25, 0.3) is 0 Å². The van der Waals surface area contributed by atoms with Crippen molar-refractivity contribution in [2.24, 2.45) is 0 Å². The van der Waals surface area contributed by atoms with Gasteiger partial charge in [-0.05, 0) is 30.2 Å². The molecule has 0 aliphatic heterocycles. The number of carbonyl (C=O) groups is 1. The van der Waals surface area contributed by atoms with Crippen LogP contribution in [-0.2, 0) is 11.2 Å². The Bertz CT molecular complexity index is 959. The van der Waals surface area contributed by atoms with Gasteiger partial charge in [0.15, 0.2) is 0 Å². The van der Waals surface area contributed by atoms with Crippen LogP contribution in [0.25, 0.3) is 22.2 Å². The Morgan fingerprint density at radius 1 is 1.15 bits per heavy atom. The van der Waals surface area contributed by atoms with E-state index in [-0.39, 0.29) is 23.7 Å². The molecule has 0 spiro atoms. The molecule has 0 aliphatic carbocycles. The summed E-state index contributed by atoms with van der Waals surface area (Å²) in [5.41, 5.74) is 1.15. The van der Waals surface area contributed by atoms with Gasteiger partial charge in [-0.15, -0.1) is 0 Å². The molecule has 3 rings (SSSR count). The number of amides is 1. The van der Waals surface area contributed by atoms with Gasteiger partial charge in [-0.1, -0.05) is 0 Å². The van der Waals surface area contributed by atoms with Crippen LogP contribution in [0, 0.1) is 17.5 Å². The number of fused-ring (bicyclic) bond motifs is 1. The van der Waals surface area contributed by atoms with Crippen LogP contribution in [0.5, 0.6) is 5.75 Å². The number of aromatic amines is 1. The van der Waals surface area contributed by atoms with Gasteiger partial charge in [0.05, 0.1) is 18.4 Å². The van der Waals surface area contributed by atoms with Crippen molar-refractivity contribution >= 4 is 16.8 Å². The normalized spacial score (nSPS) is 11.0. The Morgan fingerprint density at radius 2 is 1.85 bits per heavy atom. The van der Waals surface area contributed by atoms with E-state index in [1.54, 1.807) is 18.2 Å². The van der Waals surface area contributed by atoms with Crippen molar-refractivity contribution in [3.8, 4) is 17.0 Å². The number of aromatic nitrogens is 1. The summed E-state index contributed by atoms with van der Waals surface area (Å²) < 4.78 is 47.1. The van der Waals surface area contributed by atoms with Crippen molar-refractivity contribution in [3.05, 3.63) is 53.3 Å². The van der Waals surface area contributed by atoms with Gasteiger partial charge in [-0.3, -0.25) is 4.79 Å². The molecule has 136 valence electrons. The zero-order valence-corrected chi connectivity index (χ0v) is 14.3. The monoisotopic (exact) mass is 362 g/mol. The van der Waals surface area contributed by atoms with E-state index in [0.29, 0.717) is 40.8 Å². The van der Waals surface area contributed by atoms with Crippen LogP contribution < -0.4 is 10.1 Å². The van der Waals surface area contributed by atoms with E-state index in [2.05, 4.69) is 10.3 Å². The molecule has 1 aromatic heterocycles. The van der Waals surface area contributed by atoms with Crippen LogP contribution in [0.3, 0.4) is 0 Å². The zero-order valence-electron chi connectivity index (χ0n) is 14.3. The Kier molecular flexibility index (Phi) is 4.88. The summed E-state index contributed by atoms with van der Waals surface area (Å²) in [4.78, 5) is 14.1. The maximum atomic E-state index is 14.3. The third-order valence-electron chi connectivity index (χ3n) is 4.12. The molecule has 2 N–H and O–H groups in total. The Hall–Kier alpha value is -2.96. The zero-order chi connectivity index (χ0) is 18.8. The van der Waals surface area contributed by atoms with Crippen molar-refractivity contribution in [1.82, 2.24) is 10.3 Å². The highest BCUT2D eigenvalue weighted by atomic mass is 19.1. The standard InChI is InChI=1S/C19H17F3N2O2/c1-10(25)23-6-5-13-14-9-12(26-2)3-4-17(14)24-19(13)18-15(21)7-11(20)8-16(18)22/h3-4,7-9,24H,5-6H2,1-2H3,(H,23,25). The van der Waals surface area contributed by atoms with E-state index in [1.807, 2.05) is 0 Å². The molecule has 4 nitrogen and oxygen atoms in total. The summed E-state index contributed by atoms with van der Waals surface area (Å²) in [6.07, 6.45) is 0.332. The van der Waals surface area contributed by atoms with Crippen LogP contribution in [0.1, 0.15) is 12.5 Å². The van der Waals surface area contributed by atoms with Gasteiger partial charge < -0.3 is 15.0 Å². The number of H-pyrrole nitrogens is 1. The first kappa shape index (κ1) is 17.8. The first-order valence-corrected chi connectivity index (χ1v) is 7.98. The minimum Gasteiger partial charge on any atom is -0.497 e. The minimum absolute atomic E-state index is 0.205. The van der Waals surface area contributed by atoms with Gasteiger partial charge in [0, 0.05) is 36.5 Å². The summed E-state index contributed by atoms with van der Waals surface area (Å²) in [5, 5.41) is 3.38. The second-order valence-electron chi connectivity index (χ2n) is 5.87. The minimum atomic E-state index is -0.998. The number of halogens is 3. The molecule has 0 radical (unpaired) electrons. The molecule has 0 fully saturated rings. The van der Waals surface area contributed by atoms with Crippen molar-refractivity contribution < 1.29 is 22.7 Å². The van der Waals surface area contributed by atoms with Gasteiger partial charge in [0.1, 0.15) is 23.2 Å². The lowest BCUT2D eigenvalue weighted by atomic mass is 10.0. The average Bonchev–Trinajstić information content (AvgIpc) is 2.91. The van der Waals surface area contributed by atoms with Crippen LogP contribution in [0.2, 0.25) is 0 Å². The quantitative estimate of drug-likeness (QED) is 0.722. The number of benzene rings is 2. The predicted molar refractivity (Wildman–Crippen MR) is 92.5 cm³/mol. The lowest BCUT2D eigenvalue weighted by molar-refractivity contribution is -0.118. The molecule has 0 aliphatic rings. The second-order valence-corrected chi connectivity index (χ2v) is 5.87. The second kappa shape index (κ2) is 7.11. The topological polar surface area (TPSA) is 54.1 Å². The van der Waals surface area contributed by atoms with Crippen LogP contribution in [0.15, 0.2) is 30.3 Å². The highest BCUT2D eigenvalue weighted by molar-refractivity contribution is 5.92. The van der Waals surface area contributed by atoms with Gasteiger partial charge >= 0.3 is 0 Å². The van der Waals surface area contributed by atoms with Crippen LogP contribution in [-0.4, -0.2) is 24.5 Å². The molecule has 0 saturated heterocycles. The molecule has 1 heterocycles. The molecule has 0 unspecified atom stereocenters. The van der Waals surface area contributed by atoms with E-state index in [0.717, 1.165) is 0 Å². The van der Waals surface area contributed by atoms with E-state index in [4.69, 9.17) is 4.74 Å². The fourth-order valence-electron chi connectivity index (χ4n) is 2.97. The average molecular weight is 362 g/mol. The van der Waals surface area contributed by atoms with E-state index >= 15 is 0 Å². The first-order chi connectivity index (χ1) is 12.4. The predicted octanol–water partition coefficient (Wildman–Crippen LogP) is 3.94. The lowest BCUT2D eigenvalue weighted by Crippen LogP contribution is -2.22. The largest absolute Gasteiger partial charge is 0.497 e. The molecule has 2 aromatic carbocycles. The number of hydrogen-bond donors (Lipinski definition) is 2. The maximum Gasteiger partial charge on any atom is 0.216 e. The number of carbonyl (C=O) groups excluding carboxylic acids is 1. The molecule has 7 heteroatoms. The molecule has 0 atom stereocenters. The van der Waals surface area contributed by atoms with Crippen molar-refractivity contribution in [3.63, 3.8) is 0 Å². The number of methoxy groups -OCH3 is 1. The Labute approximate surface area is 148 Å². The van der Waals surface area contributed by atoms with Crippen LogP contribution >= 0.6 is 0 Å². The third-order valence-corrected chi connectivity index (χ3v) is 4.12. The molecule has 0 saturated carbocycles. The number of ether oxygens (including phenoxy) is 1. The number of hydrogen-bond acceptors (Lipinski definition) is 2. The molecule has 3 aromatic rings.